The second kappa shape index (κ2) is 5.42. The van der Waals surface area contributed by atoms with E-state index >= 15 is 0 Å². The number of hydrogen-bond donors (Lipinski definition) is 1. The normalized spacial score (nSPS) is 19.1. The fourth-order valence-electron chi connectivity index (χ4n) is 2.33. The summed E-state index contributed by atoms with van der Waals surface area (Å²) in [5.74, 6) is 0.289. The molecule has 1 saturated heterocycles. The minimum Gasteiger partial charge on any atom is -0.337 e. The van der Waals surface area contributed by atoms with E-state index in [0.29, 0.717) is 10.4 Å². The second-order valence-electron chi connectivity index (χ2n) is 4.79. The van der Waals surface area contributed by atoms with Crippen molar-refractivity contribution < 1.29 is 17.7 Å². The molecule has 1 aliphatic rings. The molecule has 0 saturated carbocycles. The summed E-state index contributed by atoms with van der Waals surface area (Å²) in [5.41, 5.74) is -0.873. The van der Waals surface area contributed by atoms with Gasteiger partial charge in [0, 0.05) is 10.0 Å². The molecular weight excluding hydrogens is 351 g/mol. The molecule has 21 heavy (non-hydrogen) atoms. The van der Waals surface area contributed by atoms with Crippen LogP contribution in [0.5, 0.6) is 0 Å². The number of alkyl halides is 3. The molecule has 3 rings (SSSR count). The second-order valence-corrected chi connectivity index (χ2v) is 5.71. The van der Waals surface area contributed by atoms with Crippen molar-refractivity contribution in [1.29, 1.82) is 0 Å². The van der Waals surface area contributed by atoms with Gasteiger partial charge in [0.05, 0.1) is 11.6 Å². The van der Waals surface area contributed by atoms with Crippen molar-refractivity contribution >= 4 is 15.9 Å². The Morgan fingerprint density at radius 2 is 2.14 bits per heavy atom. The molecule has 0 spiro atoms. The highest BCUT2D eigenvalue weighted by molar-refractivity contribution is 9.10. The van der Waals surface area contributed by atoms with Crippen molar-refractivity contribution in [1.82, 2.24) is 15.5 Å². The van der Waals surface area contributed by atoms with Crippen LogP contribution in [-0.2, 0) is 6.18 Å². The molecule has 112 valence electrons. The fraction of sp³-hybridized carbons (Fsp3) is 0.385. The van der Waals surface area contributed by atoms with Gasteiger partial charge >= 0.3 is 6.18 Å². The van der Waals surface area contributed by atoms with E-state index in [-0.39, 0.29) is 17.4 Å². The molecule has 1 N–H and O–H groups in total. The van der Waals surface area contributed by atoms with Gasteiger partial charge in [0.15, 0.2) is 0 Å². The summed E-state index contributed by atoms with van der Waals surface area (Å²) < 4.78 is 44.8. The lowest BCUT2D eigenvalue weighted by Gasteiger charge is -2.10. The number of rotatable bonds is 2. The maximum absolute atomic E-state index is 13.1. The minimum absolute atomic E-state index is 0.0430. The number of aromatic nitrogens is 2. The van der Waals surface area contributed by atoms with E-state index < -0.39 is 11.7 Å². The van der Waals surface area contributed by atoms with Crippen molar-refractivity contribution in [3.8, 4) is 11.4 Å². The van der Waals surface area contributed by atoms with E-state index in [1.807, 2.05) is 0 Å². The highest BCUT2D eigenvalue weighted by atomic mass is 79.9. The molecule has 2 heterocycles. The van der Waals surface area contributed by atoms with E-state index in [0.717, 1.165) is 25.5 Å². The van der Waals surface area contributed by atoms with Crippen LogP contribution in [0.2, 0.25) is 0 Å². The summed E-state index contributed by atoms with van der Waals surface area (Å²) in [6, 6.07) is 3.80. The number of halogens is 4. The smallest absolute Gasteiger partial charge is 0.337 e. The first-order chi connectivity index (χ1) is 9.95. The summed E-state index contributed by atoms with van der Waals surface area (Å²) in [6.45, 7) is 0.842. The first kappa shape index (κ1) is 14.5. The molecule has 8 heteroatoms. The first-order valence-corrected chi connectivity index (χ1v) is 7.18. The summed E-state index contributed by atoms with van der Waals surface area (Å²) in [5, 5.41) is 6.86. The Morgan fingerprint density at radius 3 is 2.81 bits per heavy atom. The Hall–Kier alpha value is -1.41. The maximum atomic E-state index is 13.1. The van der Waals surface area contributed by atoms with E-state index in [2.05, 4.69) is 31.4 Å². The summed E-state index contributed by atoms with van der Waals surface area (Å²) in [6.07, 6.45) is -2.66. The van der Waals surface area contributed by atoms with Gasteiger partial charge in [0.2, 0.25) is 11.7 Å². The van der Waals surface area contributed by atoms with Crippen LogP contribution < -0.4 is 5.32 Å². The Kier molecular flexibility index (Phi) is 3.75. The van der Waals surface area contributed by atoms with Crippen LogP contribution in [0, 0.1) is 0 Å². The average Bonchev–Trinajstić information content (AvgIpc) is 3.08. The number of nitrogens with zero attached hydrogens (tertiary/aromatic N) is 2. The first-order valence-electron chi connectivity index (χ1n) is 6.39. The third kappa shape index (κ3) is 2.96. The van der Waals surface area contributed by atoms with Crippen molar-refractivity contribution in [3.05, 3.63) is 34.1 Å². The van der Waals surface area contributed by atoms with Gasteiger partial charge in [-0.3, -0.25) is 0 Å². The zero-order valence-electron chi connectivity index (χ0n) is 10.7. The van der Waals surface area contributed by atoms with Crippen LogP contribution in [-0.4, -0.2) is 16.7 Å². The third-order valence-corrected chi connectivity index (χ3v) is 3.82. The van der Waals surface area contributed by atoms with Crippen LogP contribution in [0.3, 0.4) is 0 Å². The van der Waals surface area contributed by atoms with Crippen LogP contribution in [0.15, 0.2) is 27.2 Å². The third-order valence-electron chi connectivity index (χ3n) is 3.33. The maximum Gasteiger partial charge on any atom is 0.417 e. The standard InChI is InChI=1S/C13H11BrF3N3O/c14-7-3-4-8(9(6-7)13(15,16)17)11-19-12(21-20-11)10-2-1-5-18-10/h3-4,6,10,18H,1-2,5H2/t10-/m1/s1. The molecule has 2 aromatic rings. The molecule has 1 atom stereocenters. The van der Waals surface area contributed by atoms with E-state index in [4.69, 9.17) is 4.52 Å². The van der Waals surface area contributed by atoms with Gasteiger partial charge in [0.1, 0.15) is 0 Å². The Bertz CT molecular complexity index is 650. The number of nitrogens with one attached hydrogen (secondary N) is 1. The fourth-order valence-corrected chi connectivity index (χ4v) is 2.69. The van der Waals surface area contributed by atoms with Crippen molar-refractivity contribution in [2.75, 3.05) is 6.54 Å². The van der Waals surface area contributed by atoms with E-state index in [1.54, 1.807) is 0 Å². The highest BCUT2D eigenvalue weighted by Crippen LogP contribution is 2.38. The Morgan fingerprint density at radius 1 is 1.33 bits per heavy atom. The topological polar surface area (TPSA) is 51.0 Å². The van der Waals surface area contributed by atoms with Gasteiger partial charge in [-0.15, -0.1) is 0 Å². The lowest BCUT2D eigenvalue weighted by molar-refractivity contribution is -0.137. The highest BCUT2D eigenvalue weighted by Gasteiger charge is 2.35. The summed E-state index contributed by atoms with van der Waals surface area (Å²) in [7, 11) is 0. The van der Waals surface area contributed by atoms with Crippen molar-refractivity contribution in [3.63, 3.8) is 0 Å². The van der Waals surface area contributed by atoms with Crippen LogP contribution >= 0.6 is 15.9 Å². The predicted octanol–water partition coefficient (Wildman–Crippen LogP) is 3.94. The molecule has 0 aliphatic carbocycles. The van der Waals surface area contributed by atoms with Gasteiger partial charge in [-0.05, 0) is 37.6 Å². The molecule has 4 nitrogen and oxygen atoms in total. The zero-order chi connectivity index (χ0) is 15.0. The van der Waals surface area contributed by atoms with Gasteiger partial charge in [-0.2, -0.15) is 18.2 Å². The summed E-state index contributed by atoms with van der Waals surface area (Å²) >= 11 is 3.05. The molecule has 0 radical (unpaired) electrons. The summed E-state index contributed by atoms with van der Waals surface area (Å²) in [4.78, 5) is 4.11. The molecule has 0 amide bonds. The Balaban J connectivity index is 2.00. The largest absolute Gasteiger partial charge is 0.417 e. The van der Waals surface area contributed by atoms with Crippen LogP contribution in [0.1, 0.15) is 30.3 Å². The van der Waals surface area contributed by atoms with E-state index in [9.17, 15) is 13.2 Å². The predicted molar refractivity (Wildman–Crippen MR) is 72.4 cm³/mol. The SMILES string of the molecule is FC(F)(F)c1cc(Br)ccc1-c1noc([C@H]2CCCN2)n1. The van der Waals surface area contributed by atoms with E-state index in [1.165, 1.54) is 12.1 Å². The van der Waals surface area contributed by atoms with Crippen LogP contribution in [0.4, 0.5) is 13.2 Å². The van der Waals surface area contributed by atoms with Crippen molar-refractivity contribution in [2.24, 2.45) is 0 Å². The van der Waals surface area contributed by atoms with Gasteiger partial charge in [-0.1, -0.05) is 21.1 Å². The molecule has 1 aliphatic heterocycles. The zero-order valence-corrected chi connectivity index (χ0v) is 12.3. The lowest BCUT2D eigenvalue weighted by atomic mass is 10.1. The van der Waals surface area contributed by atoms with Crippen LogP contribution in [0.25, 0.3) is 11.4 Å². The molecule has 1 aromatic heterocycles. The van der Waals surface area contributed by atoms with Crippen molar-refractivity contribution in [2.45, 2.75) is 25.1 Å². The number of benzene rings is 1. The van der Waals surface area contributed by atoms with Gasteiger partial charge in [0.25, 0.3) is 0 Å². The minimum atomic E-state index is -4.48. The quantitative estimate of drug-likeness (QED) is 0.879. The molecular formula is C13H11BrF3N3O. The Labute approximate surface area is 126 Å². The molecule has 1 fully saturated rings. The number of hydrogen-bond acceptors (Lipinski definition) is 4. The van der Waals surface area contributed by atoms with Gasteiger partial charge < -0.3 is 9.84 Å². The monoisotopic (exact) mass is 361 g/mol. The molecule has 0 unspecified atom stereocenters. The lowest BCUT2D eigenvalue weighted by Crippen LogP contribution is -2.13. The average molecular weight is 362 g/mol. The molecule has 0 bridgehead atoms. The van der Waals surface area contributed by atoms with Gasteiger partial charge in [-0.25, -0.2) is 0 Å². The molecule has 1 aromatic carbocycles.